The maximum absolute atomic E-state index is 13.1. The largest absolute Gasteiger partial charge is 0.444 e. The summed E-state index contributed by atoms with van der Waals surface area (Å²) < 4.78 is 18.7. The average Bonchev–Trinajstić information content (AvgIpc) is 2.36. The van der Waals surface area contributed by atoms with Gasteiger partial charge < -0.3 is 4.74 Å². The molecule has 0 spiro atoms. The summed E-state index contributed by atoms with van der Waals surface area (Å²) in [6, 6.07) is 13.4. The Bertz CT molecular complexity index is 555. The van der Waals surface area contributed by atoms with Gasteiger partial charge in [0.1, 0.15) is 12.4 Å². The van der Waals surface area contributed by atoms with Crippen molar-refractivity contribution in [2.24, 2.45) is 0 Å². The van der Waals surface area contributed by atoms with Crippen molar-refractivity contribution in [1.29, 1.82) is 0 Å². The fourth-order valence-electron chi connectivity index (χ4n) is 1.50. The molecular weight excluding hydrogens is 313 g/mol. The second-order valence-electron chi connectivity index (χ2n) is 3.84. The number of benzene rings is 2. The van der Waals surface area contributed by atoms with Crippen molar-refractivity contribution >= 4 is 27.7 Å². The van der Waals surface area contributed by atoms with E-state index in [4.69, 9.17) is 4.74 Å². The lowest BCUT2D eigenvalue weighted by Crippen LogP contribution is -2.13. The van der Waals surface area contributed by atoms with Gasteiger partial charge in [0.25, 0.3) is 0 Å². The van der Waals surface area contributed by atoms with E-state index in [1.807, 2.05) is 30.3 Å². The first-order valence-corrected chi connectivity index (χ1v) is 6.36. The minimum absolute atomic E-state index is 0.170. The van der Waals surface area contributed by atoms with Crippen molar-refractivity contribution in [3.63, 3.8) is 0 Å². The van der Waals surface area contributed by atoms with Crippen LogP contribution in [0.4, 0.5) is 14.9 Å². The number of carbonyl (C=O) groups excluding carboxylic acids is 1. The Kier molecular flexibility index (Phi) is 4.52. The molecule has 0 radical (unpaired) electrons. The highest BCUT2D eigenvalue weighted by atomic mass is 79.9. The molecule has 0 saturated carbocycles. The van der Waals surface area contributed by atoms with Crippen LogP contribution in [0.1, 0.15) is 5.56 Å². The molecule has 0 bridgehead atoms. The highest BCUT2D eigenvalue weighted by Gasteiger charge is 2.05. The van der Waals surface area contributed by atoms with Crippen LogP contribution in [0.2, 0.25) is 0 Å². The number of halogens is 2. The minimum Gasteiger partial charge on any atom is -0.444 e. The summed E-state index contributed by atoms with van der Waals surface area (Å²) in [7, 11) is 0. The standard InChI is InChI=1S/C14H11BrFNO2/c15-11-6-12(16)8-13(7-11)17-14(18)19-9-10-4-2-1-3-5-10/h1-8H,9H2,(H,17,18). The van der Waals surface area contributed by atoms with Gasteiger partial charge in [-0.15, -0.1) is 0 Å². The molecule has 0 fully saturated rings. The summed E-state index contributed by atoms with van der Waals surface area (Å²) in [5.74, 6) is -0.437. The van der Waals surface area contributed by atoms with Gasteiger partial charge >= 0.3 is 6.09 Å². The van der Waals surface area contributed by atoms with Crippen LogP contribution >= 0.6 is 15.9 Å². The van der Waals surface area contributed by atoms with Gasteiger partial charge in [-0.25, -0.2) is 9.18 Å². The monoisotopic (exact) mass is 323 g/mol. The third-order valence-corrected chi connectivity index (χ3v) is 2.78. The number of carbonyl (C=O) groups is 1. The van der Waals surface area contributed by atoms with E-state index in [0.717, 1.165) is 5.56 Å². The van der Waals surface area contributed by atoms with E-state index in [1.165, 1.54) is 12.1 Å². The molecule has 0 heterocycles. The lowest BCUT2D eigenvalue weighted by Gasteiger charge is -2.07. The van der Waals surface area contributed by atoms with Gasteiger partial charge in [0, 0.05) is 10.2 Å². The SMILES string of the molecule is O=C(Nc1cc(F)cc(Br)c1)OCc1ccccc1. The van der Waals surface area contributed by atoms with Crippen molar-refractivity contribution in [1.82, 2.24) is 0 Å². The molecule has 2 aromatic rings. The molecule has 0 unspecified atom stereocenters. The van der Waals surface area contributed by atoms with Crippen LogP contribution < -0.4 is 5.32 Å². The summed E-state index contributed by atoms with van der Waals surface area (Å²) in [6.07, 6.45) is -0.624. The number of rotatable bonds is 3. The average molecular weight is 324 g/mol. The molecule has 1 amide bonds. The topological polar surface area (TPSA) is 38.3 Å². The zero-order chi connectivity index (χ0) is 13.7. The van der Waals surface area contributed by atoms with Crippen molar-refractivity contribution in [2.45, 2.75) is 6.61 Å². The normalized spacial score (nSPS) is 10.0. The first kappa shape index (κ1) is 13.5. The van der Waals surface area contributed by atoms with Gasteiger partial charge in [0.2, 0.25) is 0 Å². The van der Waals surface area contributed by atoms with Crippen molar-refractivity contribution in [3.05, 3.63) is 64.4 Å². The predicted molar refractivity (Wildman–Crippen MR) is 74.3 cm³/mol. The smallest absolute Gasteiger partial charge is 0.411 e. The third kappa shape index (κ3) is 4.37. The lowest BCUT2D eigenvalue weighted by molar-refractivity contribution is 0.155. The molecule has 2 rings (SSSR count). The summed E-state index contributed by atoms with van der Waals surface area (Å²) in [5.41, 5.74) is 1.23. The molecule has 0 aliphatic rings. The Hall–Kier alpha value is -1.88. The number of hydrogen-bond acceptors (Lipinski definition) is 2. The van der Waals surface area contributed by atoms with Crippen LogP contribution in [-0.4, -0.2) is 6.09 Å². The first-order valence-electron chi connectivity index (χ1n) is 5.57. The summed E-state index contributed by atoms with van der Waals surface area (Å²) in [4.78, 5) is 11.5. The van der Waals surface area contributed by atoms with Gasteiger partial charge in [0.15, 0.2) is 0 Å². The van der Waals surface area contributed by atoms with Gasteiger partial charge in [-0.2, -0.15) is 0 Å². The molecule has 5 heteroatoms. The molecule has 0 atom stereocenters. The fraction of sp³-hybridized carbons (Fsp3) is 0.0714. The van der Waals surface area contributed by atoms with Gasteiger partial charge in [-0.3, -0.25) is 5.32 Å². The Labute approximate surface area is 118 Å². The van der Waals surface area contributed by atoms with Gasteiger partial charge in [-0.05, 0) is 23.8 Å². The predicted octanol–water partition coefficient (Wildman–Crippen LogP) is 4.34. The molecule has 98 valence electrons. The first-order chi connectivity index (χ1) is 9.13. The molecule has 0 aromatic heterocycles. The van der Waals surface area contributed by atoms with Gasteiger partial charge in [0.05, 0.1) is 0 Å². The molecule has 0 aliphatic heterocycles. The van der Waals surface area contributed by atoms with Gasteiger partial charge in [-0.1, -0.05) is 46.3 Å². The fourth-order valence-corrected chi connectivity index (χ4v) is 1.97. The Balaban J connectivity index is 1.91. The molecule has 3 nitrogen and oxygen atoms in total. The number of hydrogen-bond donors (Lipinski definition) is 1. The minimum atomic E-state index is -0.624. The number of amides is 1. The highest BCUT2D eigenvalue weighted by Crippen LogP contribution is 2.18. The summed E-state index contributed by atoms with van der Waals surface area (Å²) in [5, 5.41) is 2.46. The molecule has 19 heavy (non-hydrogen) atoms. The Morgan fingerprint density at radius 3 is 2.63 bits per heavy atom. The molecular formula is C14H11BrFNO2. The second kappa shape index (κ2) is 6.33. The van der Waals surface area contributed by atoms with Crippen molar-refractivity contribution < 1.29 is 13.9 Å². The molecule has 0 saturated heterocycles. The number of ether oxygens (including phenoxy) is 1. The van der Waals surface area contributed by atoms with Crippen LogP contribution in [0.5, 0.6) is 0 Å². The van der Waals surface area contributed by atoms with E-state index in [-0.39, 0.29) is 6.61 Å². The van der Waals surface area contributed by atoms with Crippen molar-refractivity contribution in [3.8, 4) is 0 Å². The summed E-state index contributed by atoms with van der Waals surface area (Å²) in [6.45, 7) is 0.170. The summed E-state index contributed by atoms with van der Waals surface area (Å²) >= 11 is 3.15. The number of nitrogens with one attached hydrogen (secondary N) is 1. The van der Waals surface area contributed by atoms with Crippen LogP contribution in [0.25, 0.3) is 0 Å². The van der Waals surface area contributed by atoms with E-state index in [2.05, 4.69) is 21.2 Å². The Morgan fingerprint density at radius 1 is 1.21 bits per heavy atom. The maximum atomic E-state index is 13.1. The van der Waals surface area contributed by atoms with Crippen LogP contribution in [0, 0.1) is 5.82 Å². The van der Waals surface area contributed by atoms with E-state index in [1.54, 1.807) is 6.07 Å². The van der Waals surface area contributed by atoms with E-state index in [9.17, 15) is 9.18 Å². The molecule has 1 N–H and O–H groups in total. The lowest BCUT2D eigenvalue weighted by atomic mass is 10.2. The molecule has 0 aliphatic carbocycles. The zero-order valence-corrected chi connectivity index (χ0v) is 11.5. The number of anilines is 1. The van der Waals surface area contributed by atoms with E-state index in [0.29, 0.717) is 10.2 Å². The third-order valence-electron chi connectivity index (χ3n) is 2.32. The van der Waals surface area contributed by atoms with E-state index >= 15 is 0 Å². The quantitative estimate of drug-likeness (QED) is 0.912. The van der Waals surface area contributed by atoms with Crippen molar-refractivity contribution in [2.75, 3.05) is 5.32 Å². The van der Waals surface area contributed by atoms with Crippen LogP contribution in [0.15, 0.2) is 53.0 Å². The highest BCUT2D eigenvalue weighted by molar-refractivity contribution is 9.10. The Morgan fingerprint density at radius 2 is 1.95 bits per heavy atom. The second-order valence-corrected chi connectivity index (χ2v) is 4.76. The zero-order valence-electron chi connectivity index (χ0n) is 9.90. The van der Waals surface area contributed by atoms with Crippen LogP contribution in [0.3, 0.4) is 0 Å². The van der Waals surface area contributed by atoms with Crippen LogP contribution in [-0.2, 0) is 11.3 Å². The van der Waals surface area contributed by atoms with E-state index < -0.39 is 11.9 Å². The molecule has 2 aromatic carbocycles. The maximum Gasteiger partial charge on any atom is 0.411 e.